The smallest absolute Gasteiger partial charge is 0.432 e. The van der Waals surface area contributed by atoms with Crippen molar-refractivity contribution in [3.05, 3.63) is 24.1 Å². The van der Waals surface area contributed by atoms with Gasteiger partial charge in [0.2, 0.25) is 0 Å². The molecule has 0 heterocycles. The molecular weight excluding hydrogens is 292 g/mol. The first kappa shape index (κ1) is 21.3. The summed E-state index contributed by atoms with van der Waals surface area (Å²) in [6.07, 6.45) is 5.53. The molecule has 0 aliphatic heterocycles. The predicted octanol–water partition coefficient (Wildman–Crippen LogP) is 2.09. The van der Waals surface area contributed by atoms with Crippen molar-refractivity contribution in [2.45, 2.75) is 32.7 Å². The molecule has 1 N–H and O–H groups in total. The first-order chi connectivity index (χ1) is 8.80. The summed E-state index contributed by atoms with van der Waals surface area (Å²) in [7, 11) is 3.43. The molecule has 0 bridgehead atoms. The molecule has 0 aromatic rings. The van der Waals surface area contributed by atoms with Gasteiger partial charge in [0.15, 0.2) is 7.83 Å². The van der Waals surface area contributed by atoms with E-state index in [9.17, 15) is 0 Å². The molecule has 0 saturated heterocycles. The van der Waals surface area contributed by atoms with Gasteiger partial charge in [-0.2, -0.15) is 0 Å². The van der Waals surface area contributed by atoms with E-state index in [-0.39, 0.29) is 0 Å². The van der Waals surface area contributed by atoms with E-state index in [2.05, 4.69) is 29.3 Å². The van der Waals surface area contributed by atoms with Crippen LogP contribution in [0.4, 0.5) is 0 Å². The van der Waals surface area contributed by atoms with Crippen molar-refractivity contribution in [1.82, 2.24) is 0 Å². The van der Waals surface area contributed by atoms with Gasteiger partial charge in [0.25, 0.3) is 0 Å². The summed E-state index contributed by atoms with van der Waals surface area (Å²) in [5.41, 5.74) is 3.48. The number of hydrogen-bond acceptors (Lipinski definition) is 4. The van der Waals surface area contributed by atoms with Crippen molar-refractivity contribution >= 4 is 26.4 Å². The number of allylic oxidation sites excluding steroid dienone is 1. The van der Waals surface area contributed by atoms with Gasteiger partial charge in [-0.25, -0.2) is 0 Å². The van der Waals surface area contributed by atoms with Gasteiger partial charge in [-0.15, -0.1) is 6.58 Å². The summed E-state index contributed by atoms with van der Waals surface area (Å²) in [5.74, 6) is 0. The van der Waals surface area contributed by atoms with E-state index in [0.717, 1.165) is 6.42 Å². The minimum Gasteiger partial charge on any atom is -0.432 e. The number of hydrogen-bond donors (Lipinski definition) is 1. The van der Waals surface area contributed by atoms with E-state index < -0.39 is 16.6 Å². The molecule has 1 unspecified atom stereocenters. The van der Waals surface area contributed by atoms with Crippen LogP contribution in [-0.4, -0.2) is 52.5 Å². The van der Waals surface area contributed by atoms with Crippen molar-refractivity contribution in [1.29, 1.82) is 0 Å². The van der Waals surface area contributed by atoms with Crippen LogP contribution in [0.3, 0.4) is 0 Å². The van der Waals surface area contributed by atoms with Crippen molar-refractivity contribution in [3.63, 3.8) is 0 Å². The van der Waals surface area contributed by atoms with Gasteiger partial charge in [0, 0.05) is 21.3 Å². The molecule has 0 aliphatic carbocycles. The van der Waals surface area contributed by atoms with Gasteiger partial charge in [-0.05, 0) is 18.7 Å². The second-order valence-electron chi connectivity index (χ2n) is 4.11. The Morgan fingerprint density at radius 1 is 1.21 bits per heavy atom. The van der Waals surface area contributed by atoms with Crippen LogP contribution in [0, 0.1) is 0 Å². The van der Waals surface area contributed by atoms with Gasteiger partial charge in [0.05, 0.1) is 9.76 Å². The third-order valence-corrected chi connectivity index (χ3v) is 6.06. The molecule has 4 nitrogen and oxygen atoms in total. The lowest BCUT2D eigenvalue weighted by Crippen LogP contribution is -2.40. The third-order valence-electron chi connectivity index (χ3n) is 2.30. The fourth-order valence-electron chi connectivity index (χ4n) is 1.00. The molecule has 0 rings (SSSR count). The van der Waals surface area contributed by atoms with Gasteiger partial charge in [-0.1, -0.05) is 31.5 Å². The summed E-state index contributed by atoms with van der Waals surface area (Å²) in [6, 6.07) is 0. The average molecular weight is 320 g/mol. The van der Waals surface area contributed by atoms with E-state index in [1.54, 1.807) is 33.6 Å². The Bertz CT molecular complexity index is 240. The maximum absolute atomic E-state index is 8.76. The van der Waals surface area contributed by atoms with E-state index in [0.29, 0.717) is 0 Å². The lowest BCUT2D eigenvalue weighted by Gasteiger charge is -2.20. The Kier molecular flexibility index (Phi) is 13.2. The molecule has 111 valence electrons. The van der Waals surface area contributed by atoms with E-state index in [1.807, 2.05) is 5.70 Å². The topological polar surface area (TPSA) is 47.9 Å². The zero-order valence-electron chi connectivity index (χ0n) is 12.7. The van der Waals surface area contributed by atoms with Crippen molar-refractivity contribution in [2.75, 3.05) is 21.3 Å². The van der Waals surface area contributed by atoms with Crippen LogP contribution in [0.15, 0.2) is 24.1 Å². The Morgan fingerprint density at radius 2 is 1.63 bits per heavy atom. The Balaban J connectivity index is 0. The summed E-state index contributed by atoms with van der Waals surface area (Å²) < 4.78 is 15.7. The van der Waals surface area contributed by atoms with Gasteiger partial charge >= 0.3 is 8.80 Å². The standard InChI is InChI=1S/C9H20O3Si.C3H7OSi2/c1-5-6-7-8-9-13(10-2,11-3)12-4;1-3-6(2,4)5/h8-9H,5-7H2,1-4H3;3-4H,1H2,2H3/b9-8+;. The normalized spacial score (nSPS) is 14.7. The Morgan fingerprint density at radius 3 is 1.89 bits per heavy atom. The molecule has 0 fully saturated rings. The number of unbranched alkanes of at least 4 members (excludes halogenated alkanes) is 2. The van der Waals surface area contributed by atoms with E-state index in [1.165, 1.54) is 12.8 Å². The minimum atomic E-state index is -2.45. The van der Waals surface area contributed by atoms with Crippen LogP contribution >= 0.6 is 0 Å². The highest BCUT2D eigenvalue weighted by atomic mass is 29.2. The molecule has 7 heteroatoms. The molecular formula is C12H27O4Si3. The molecule has 0 aromatic heterocycles. The summed E-state index contributed by atoms with van der Waals surface area (Å²) in [5, 5.41) is 0. The van der Waals surface area contributed by atoms with Gasteiger partial charge in [0.1, 0.15) is 0 Å². The maximum atomic E-state index is 8.76. The quantitative estimate of drug-likeness (QED) is 0.550. The fraction of sp³-hybridized carbons (Fsp3) is 0.667. The minimum absolute atomic E-state index is 1.06. The third kappa shape index (κ3) is 12.7. The van der Waals surface area contributed by atoms with Crippen LogP contribution in [-0.2, 0) is 13.3 Å². The summed E-state index contributed by atoms with van der Waals surface area (Å²) in [4.78, 5) is 8.76. The molecule has 0 amide bonds. The highest BCUT2D eigenvalue weighted by molar-refractivity contribution is 7.14. The zero-order valence-corrected chi connectivity index (χ0v) is 15.7. The lowest BCUT2D eigenvalue weighted by atomic mass is 10.2. The van der Waals surface area contributed by atoms with E-state index >= 15 is 0 Å². The predicted molar refractivity (Wildman–Crippen MR) is 85.2 cm³/mol. The molecule has 19 heavy (non-hydrogen) atoms. The monoisotopic (exact) mass is 319 g/mol. The van der Waals surface area contributed by atoms with Crippen molar-refractivity contribution in [3.8, 4) is 0 Å². The molecule has 0 aliphatic rings. The second kappa shape index (κ2) is 11.8. The van der Waals surface area contributed by atoms with Gasteiger partial charge in [-0.3, -0.25) is 0 Å². The van der Waals surface area contributed by atoms with E-state index in [4.69, 9.17) is 18.1 Å². The fourth-order valence-corrected chi connectivity index (χ4v) is 2.37. The zero-order chi connectivity index (χ0) is 15.4. The van der Waals surface area contributed by atoms with Crippen LogP contribution in [0.25, 0.3) is 0 Å². The molecule has 0 aromatic carbocycles. The van der Waals surface area contributed by atoms with Crippen LogP contribution in [0.5, 0.6) is 0 Å². The number of rotatable bonds is 8. The molecule has 3 radical (unpaired) electrons. The molecule has 0 spiro atoms. The van der Waals surface area contributed by atoms with Gasteiger partial charge < -0.3 is 18.1 Å². The lowest BCUT2D eigenvalue weighted by molar-refractivity contribution is 0.138. The second-order valence-corrected chi connectivity index (χ2v) is 12.6. The van der Waals surface area contributed by atoms with Crippen LogP contribution < -0.4 is 0 Å². The van der Waals surface area contributed by atoms with Crippen LogP contribution in [0.2, 0.25) is 6.55 Å². The first-order valence-corrected chi connectivity index (χ1v) is 12.1. The van der Waals surface area contributed by atoms with Crippen molar-refractivity contribution < 1.29 is 18.1 Å². The van der Waals surface area contributed by atoms with Crippen LogP contribution in [0.1, 0.15) is 26.2 Å². The first-order valence-electron chi connectivity index (χ1n) is 6.25. The SMILES string of the molecule is C=C[Si](C)(O)[Si].CCCC/C=C/[Si](OC)(OC)OC. The summed E-state index contributed by atoms with van der Waals surface area (Å²) >= 11 is 0. The largest absolute Gasteiger partial charge is 0.528 e. The molecule has 0 saturated carbocycles. The highest BCUT2D eigenvalue weighted by Crippen LogP contribution is 2.08. The average Bonchev–Trinajstić information content (AvgIpc) is 2.40. The molecule has 1 atom stereocenters. The Hall–Kier alpha value is -0.0294. The maximum Gasteiger partial charge on any atom is 0.528 e. The van der Waals surface area contributed by atoms with Crippen molar-refractivity contribution in [2.24, 2.45) is 0 Å². The Labute approximate surface area is 123 Å². The highest BCUT2D eigenvalue weighted by Gasteiger charge is 2.33. The summed E-state index contributed by atoms with van der Waals surface area (Å²) in [6.45, 7) is 7.30.